The second kappa shape index (κ2) is 4.36. The van der Waals surface area contributed by atoms with Gasteiger partial charge in [-0.05, 0) is 11.8 Å². The fourth-order valence-corrected chi connectivity index (χ4v) is 1.06. The Balaban J connectivity index is 0.00000121. The zero-order valence-corrected chi connectivity index (χ0v) is 10.5. The monoisotopic (exact) mass is 217 g/mol. The van der Waals surface area contributed by atoms with E-state index >= 15 is 0 Å². The number of carbonyl (C=O) groups is 2. The molecule has 0 N–H and O–H groups in total. The van der Waals surface area contributed by atoms with E-state index < -0.39 is 17.5 Å². The quantitative estimate of drug-likeness (QED) is 0.153. The maximum Gasteiger partial charge on any atom is 1.00 e. The predicted octanol–water partition coefficient (Wildman–Crippen LogP) is -4.88. The number of methoxy groups -OCH3 is 1. The minimum Gasteiger partial charge on any atom is -0.547 e. The van der Waals surface area contributed by atoms with Crippen molar-refractivity contribution in [3.8, 4) is 0 Å². The molecule has 0 spiro atoms. The predicted molar refractivity (Wildman–Crippen MR) is 32.3 cm³/mol. The number of halogens is 1. The van der Waals surface area contributed by atoms with Gasteiger partial charge in [0, 0.05) is 0 Å². The molecule has 5 nitrogen and oxygen atoms in total. The summed E-state index contributed by atoms with van der Waals surface area (Å²) in [7, 11) is 1.09. The average molecular weight is 218 g/mol. The molecule has 1 heterocycles. The minimum absolute atomic E-state index is 0. The zero-order valence-electron chi connectivity index (χ0n) is 6.67. The van der Waals surface area contributed by atoms with E-state index in [2.05, 4.69) is 4.74 Å². The number of carbonyl (C=O) groups excluding carboxylic acids is 2. The Morgan fingerprint density at radius 2 is 2.08 bits per heavy atom. The van der Waals surface area contributed by atoms with Gasteiger partial charge in [-0.2, -0.15) is 4.42 Å². The first-order chi connectivity index (χ1) is 5.05. The number of carboxylic acid groups (broad SMARTS) is 1. The van der Waals surface area contributed by atoms with Gasteiger partial charge in [0.05, 0.1) is 19.6 Å². The summed E-state index contributed by atoms with van der Waals surface area (Å²) in [6.45, 7) is -0.0659. The van der Waals surface area contributed by atoms with Crippen LogP contribution in [0.2, 0.25) is 0 Å². The SMILES string of the molecule is COC(=O)C1(C(=O)[O-])CN1Cl.[K+]. The minimum atomic E-state index is -1.74. The first kappa shape index (κ1) is 12.8. The van der Waals surface area contributed by atoms with Gasteiger partial charge >= 0.3 is 57.4 Å². The molecule has 7 heteroatoms. The topological polar surface area (TPSA) is 69.4 Å². The number of hydrogen-bond donors (Lipinski definition) is 0. The first-order valence-corrected chi connectivity index (χ1v) is 3.13. The van der Waals surface area contributed by atoms with Crippen molar-refractivity contribution >= 4 is 23.7 Å². The van der Waals surface area contributed by atoms with E-state index in [0.29, 0.717) is 0 Å². The van der Waals surface area contributed by atoms with Crippen LogP contribution in [0.1, 0.15) is 0 Å². The summed E-state index contributed by atoms with van der Waals surface area (Å²) < 4.78 is 5.05. The van der Waals surface area contributed by atoms with E-state index in [-0.39, 0.29) is 57.9 Å². The Morgan fingerprint density at radius 3 is 2.17 bits per heavy atom. The molecule has 0 aromatic rings. The summed E-state index contributed by atoms with van der Waals surface area (Å²) >= 11 is 5.29. The van der Waals surface area contributed by atoms with Crippen molar-refractivity contribution in [2.45, 2.75) is 5.54 Å². The van der Waals surface area contributed by atoms with Gasteiger partial charge in [0.25, 0.3) is 0 Å². The number of hydrogen-bond acceptors (Lipinski definition) is 5. The summed E-state index contributed by atoms with van der Waals surface area (Å²) in [6.07, 6.45) is 0. The molecular formula is C5H5ClKNO4. The van der Waals surface area contributed by atoms with Gasteiger partial charge in [0.15, 0.2) is 5.54 Å². The summed E-state index contributed by atoms with van der Waals surface area (Å²) in [6, 6.07) is 0. The molecule has 0 radical (unpaired) electrons. The maximum atomic E-state index is 10.8. The van der Waals surface area contributed by atoms with E-state index in [1.54, 1.807) is 0 Å². The second-order valence-corrected chi connectivity index (χ2v) is 2.57. The molecular weight excluding hydrogens is 213 g/mol. The van der Waals surface area contributed by atoms with Gasteiger partial charge in [-0.1, -0.05) is 0 Å². The van der Waals surface area contributed by atoms with E-state index in [0.717, 1.165) is 11.5 Å². The normalized spacial score (nSPS) is 31.7. The molecule has 1 saturated heterocycles. The molecule has 1 aliphatic heterocycles. The van der Waals surface area contributed by atoms with Crippen LogP contribution in [0.5, 0.6) is 0 Å². The van der Waals surface area contributed by atoms with E-state index in [4.69, 9.17) is 11.8 Å². The largest absolute Gasteiger partial charge is 1.00 e. The van der Waals surface area contributed by atoms with E-state index in [1.807, 2.05) is 0 Å². The van der Waals surface area contributed by atoms with Crippen LogP contribution >= 0.6 is 11.8 Å². The number of aliphatic carboxylic acids is 1. The third kappa shape index (κ3) is 1.84. The average Bonchev–Trinajstić information content (AvgIpc) is 2.61. The summed E-state index contributed by atoms with van der Waals surface area (Å²) in [5.41, 5.74) is -1.74. The standard InChI is InChI=1S/C5H6ClNO4.K/c1-11-4(10)5(3(8)9)2-7(5)6;/h2H2,1H3,(H,8,9);/q;+1/p-1. The van der Waals surface area contributed by atoms with Crippen molar-refractivity contribution in [3.05, 3.63) is 0 Å². The van der Waals surface area contributed by atoms with Crippen LogP contribution in [-0.4, -0.2) is 35.6 Å². The summed E-state index contributed by atoms with van der Waals surface area (Å²) in [4.78, 5) is 21.1. The molecule has 0 amide bonds. The first-order valence-electron chi connectivity index (χ1n) is 2.79. The van der Waals surface area contributed by atoms with Gasteiger partial charge in [-0.25, -0.2) is 4.79 Å². The van der Waals surface area contributed by atoms with Crippen LogP contribution in [0.4, 0.5) is 0 Å². The van der Waals surface area contributed by atoms with Crippen molar-refractivity contribution in [2.24, 2.45) is 0 Å². The molecule has 1 rings (SSSR count). The maximum absolute atomic E-state index is 10.8. The van der Waals surface area contributed by atoms with Crippen LogP contribution in [0.25, 0.3) is 0 Å². The number of ether oxygens (including phenoxy) is 1. The van der Waals surface area contributed by atoms with Gasteiger partial charge in [0.2, 0.25) is 0 Å². The number of nitrogens with zero attached hydrogens (tertiary/aromatic N) is 1. The molecule has 0 aliphatic carbocycles. The Kier molecular flexibility index (Phi) is 4.66. The molecule has 2 atom stereocenters. The van der Waals surface area contributed by atoms with Crippen molar-refractivity contribution in [1.82, 2.24) is 4.42 Å². The Hall–Kier alpha value is 0.826. The van der Waals surface area contributed by atoms with Crippen LogP contribution in [0, 0.1) is 0 Å². The van der Waals surface area contributed by atoms with Crippen molar-refractivity contribution in [1.29, 1.82) is 0 Å². The molecule has 62 valence electrons. The number of esters is 1. The fourth-order valence-electron chi connectivity index (χ4n) is 0.745. The van der Waals surface area contributed by atoms with Crippen LogP contribution in [-0.2, 0) is 14.3 Å². The fraction of sp³-hybridized carbons (Fsp3) is 0.600. The zero-order chi connectivity index (χ0) is 8.65. The Bertz CT molecular complexity index is 223. The Labute approximate surface area is 117 Å². The second-order valence-electron chi connectivity index (χ2n) is 2.16. The van der Waals surface area contributed by atoms with Crippen molar-refractivity contribution in [2.75, 3.05) is 13.7 Å². The van der Waals surface area contributed by atoms with Gasteiger partial charge in [-0.3, -0.25) is 0 Å². The van der Waals surface area contributed by atoms with Gasteiger partial charge < -0.3 is 14.6 Å². The van der Waals surface area contributed by atoms with E-state index in [1.165, 1.54) is 0 Å². The van der Waals surface area contributed by atoms with Crippen molar-refractivity contribution in [3.63, 3.8) is 0 Å². The number of rotatable bonds is 2. The van der Waals surface area contributed by atoms with Gasteiger partial charge in [0.1, 0.15) is 0 Å². The molecule has 12 heavy (non-hydrogen) atoms. The molecule has 0 aromatic carbocycles. The molecule has 0 aromatic heterocycles. The molecule has 1 fully saturated rings. The summed E-state index contributed by atoms with van der Waals surface area (Å²) in [5, 5.41) is 10.4. The summed E-state index contributed by atoms with van der Waals surface area (Å²) in [5.74, 6) is -2.42. The van der Waals surface area contributed by atoms with Crippen LogP contribution in [0.15, 0.2) is 0 Å². The smallest absolute Gasteiger partial charge is 0.547 e. The molecule has 2 unspecified atom stereocenters. The molecule has 0 bridgehead atoms. The third-order valence-corrected chi connectivity index (χ3v) is 1.95. The molecule has 1 aliphatic rings. The van der Waals surface area contributed by atoms with Crippen LogP contribution < -0.4 is 56.5 Å². The Morgan fingerprint density at radius 1 is 1.67 bits per heavy atom. The molecule has 0 saturated carbocycles. The van der Waals surface area contributed by atoms with Gasteiger partial charge in [-0.15, -0.1) is 0 Å². The van der Waals surface area contributed by atoms with Crippen LogP contribution in [0.3, 0.4) is 0 Å². The van der Waals surface area contributed by atoms with Crippen molar-refractivity contribution < 1.29 is 70.8 Å². The van der Waals surface area contributed by atoms with E-state index in [9.17, 15) is 14.7 Å². The third-order valence-electron chi connectivity index (χ3n) is 1.54. The number of carboxylic acids is 1.